The highest BCUT2D eigenvalue weighted by atomic mass is 32.2. The average Bonchev–Trinajstić information content (AvgIpc) is 3.84. The van der Waals surface area contributed by atoms with E-state index in [1.165, 1.54) is 50.8 Å². The van der Waals surface area contributed by atoms with Crippen molar-refractivity contribution in [3.05, 3.63) is 99.9 Å². The number of carbonyl (C=O) groups excluding carboxylic acids is 1. The molecule has 1 spiro atoms. The van der Waals surface area contributed by atoms with E-state index in [9.17, 15) is 23.3 Å². The minimum absolute atomic E-state index is 0.0841. The molecular formula is C48H53FN8O7S. The number of nitrogens with zero attached hydrogens (tertiary/aromatic N) is 5. The van der Waals surface area contributed by atoms with E-state index < -0.39 is 43.3 Å². The Kier molecular flexibility index (Phi) is 10.5. The lowest BCUT2D eigenvalue weighted by Gasteiger charge is -2.56. The van der Waals surface area contributed by atoms with Crippen LogP contribution in [-0.2, 0) is 10.0 Å². The minimum Gasteiger partial charge on any atom is -0.474 e. The van der Waals surface area contributed by atoms with Crippen LogP contribution in [0.4, 0.5) is 21.5 Å². The number of rotatable bonds is 11. The van der Waals surface area contributed by atoms with Crippen molar-refractivity contribution in [2.75, 3.05) is 36.5 Å². The van der Waals surface area contributed by atoms with Gasteiger partial charge in [-0.2, -0.15) is 13.4 Å². The van der Waals surface area contributed by atoms with Crippen LogP contribution in [0.2, 0.25) is 0 Å². The summed E-state index contributed by atoms with van der Waals surface area (Å²) >= 11 is 0. The minimum atomic E-state index is -4.81. The smallest absolute Gasteiger partial charge is 0.300 e. The van der Waals surface area contributed by atoms with Crippen molar-refractivity contribution in [2.24, 2.45) is 5.41 Å². The fourth-order valence-corrected chi connectivity index (χ4v) is 12.4. The van der Waals surface area contributed by atoms with E-state index in [0.717, 1.165) is 62.0 Å². The summed E-state index contributed by atoms with van der Waals surface area (Å²) in [6, 6.07) is 18.8. The molecule has 6 aliphatic rings. The van der Waals surface area contributed by atoms with Crippen LogP contribution >= 0.6 is 0 Å². The average molecular weight is 905 g/mol. The number of ether oxygens (including phenoxy) is 2. The molecule has 0 bridgehead atoms. The molecule has 3 N–H and O–H groups in total. The summed E-state index contributed by atoms with van der Waals surface area (Å²) in [5.41, 5.74) is 2.29. The topological polar surface area (TPSA) is 185 Å². The van der Waals surface area contributed by atoms with E-state index in [2.05, 4.69) is 59.1 Å². The maximum atomic E-state index is 15.9. The van der Waals surface area contributed by atoms with Gasteiger partial charge in [0, 0.05) is 48.5 Å². The number of amides is 1. The molecule has 3 aliphatic heterocycles. The maximum absolute atomic E-state index is 15.9. The number of hydrogen-bond acceptors (Lipinski definition) is 12. The third-order valence-electron chi connectivity index (χ3n) is 15.1. The molecule has 2 saturated heterocycles. The van der Waals surface area contributed by atoms with Gasteiger partial charge in [-0.25, -0.2) is 14.1 Å². The second-order valence-electron chi connectivity index (χ2n) is 19.2. The number of alkyl halides is 1. The molecule has 11 rings (SSSR count). The van der Waals surface area contributed by atoms with Gasteiger partial charge in [0.05, 0.1) is 28.8 Å². The molecule has 6 heterocycles. The van der Waals surface area contributed by atoms with Gasteiger partial charge in [-0.1, -0.05) is 43.5 Å². The van der Waals surface area contributed by atoms with Crippen molar-refractivity contribution in [3.63, 3.8) is 0 Å². The van der Waals surface area contributed by atoms with Crippen LogP contribution in [-0.4, -0.2) is 83.1 Å². The molecule has 5 fully saturated rings. The summed E-state index contributed by atoms with van der Waals surface area (Å²) in [5, 5.41) is 15.2. The number of nitro groups is 1. The molecule has 5 aromatic rings. The number of halogens is 1. The second kappa shape index (κ2) is 16.3. The first kappa shape index (κ1) is 41.9. The number of aromatic amines is 1. The molecule has 3 aromatic heterocycles. The Balaban J connectivity index is 0.809. The maximum Gasteiger partial charge on any atom is 0.300 e. The molecule has 2 aromatic carbocycles. The largest absolute Gasteiger partial charge is 0.474 e. The molecule has 1 amide bonds. The van der Waals surface area contributed by atoms with Gasteiger partial charge in [0.25, 0.3) is 15.9 Å². The van der Waals surface area contributed by atoms with Gasteiger partial charge < -0.3 is 24.7 Å². The Labute approximate surface area is 376 Å². The first-order valence-corrected chi connectivity index (χ1v) is 24.6. The van der Waals surface area contributed by atoms with Gasteiger partial charge in [-0.05, 0) is 117 Å². The number of carbonyl (C=O) groups is 1. The molecule has 3 saturated carbocycles. The van der Waals surface area contributed by atoms with Crippen molar-refractivity contribution in [1.82, 2.24) is 24.6 Å². The summed E-state index contributed by atoms with van der Waals surface area (Å²) < 4.78 is 57.7. The highest BCUT2D eigenvalue weighted by Crippen LogP contribution is 2.55. The third kappa shape index (κ3) is 7.93. The van der Waals surface area contributed by atoms with Gasteiger partial charge in [-0.3, -0.25) is 19.8 Å². The number of sulfonamides is 1. The van der Waals surface area contributed by atoms with Gasteiger partial charge in [0.2, 0.25) is 5.88 Å². The van der Waals surface area contributed by atoms with Crippen LogP contribution in [0, 0.1) is 15.5 Å². The first-order valence-electron chi connectivity index (χ1n) is 23.1. The molecule has 340 valence electrons. The van der Waals surface area contributed by atoms with Crippen LogP contribution in [0.15, 0.2) is 78.1 Å². The van der Waals surface area contributed by atoms with Gasteiger partial charge in [0.15, 0.2) is 10.7 Å². The predicted molar refractivity (Wildman–Crippen MR) is 242 cm³/mol. The van der Waals surface area contributed by atoms with E-state index in [1.807, 2.05) is 6.07 Å². The highest BCUT2D eigenvalue weighted by Gasteiger charge is 2.50. The standard InChI is InChI=1S/C48H53FN8O7S/c49-48(15-4-1-5-16-48)41-29-63-46-43(52-41)39(57(59)60)25-42(53-46)65(61,62)54-45(58)37-13-12-32(24-40(37)64-34-23-31-14-19-50-44(31)51-28-34)55-21-17-47(18-22-55)26-33(27-47)56-20-6-9-38(56)36-8-3-2-7-35(36)30-10-11-30/h2-3,7-8,12-14,19,23-25,28,30,33,38,41,52H,1,4-6,9-11,15-18,20-22,26-27,29H2,(H,50,51)(H,54,58)/t38-,41+/m0/s1. The van der Waals surface area contributed by atoms with Crippen LogP contribution in [0.5, 0.6) is 17.4 Å². The number of H-pyrrole nitrogens is 1. The van der Waals surface area contributed by atoms with Crippen molar-refractivity contribution in [3.8, 4) is 17.4 Å². The number of aromatic nitrogens is 3. The van der Waals surface area contributed by atoms with Crippen LogP contribution in [0.3, 0.4) is 0 Å². The Hall–Kier alpha value is -5.81. The third-order valence-corrected chi connectivity index (χ3v) is 16.3. The number of pyridine rings is 2. The fraction of sp³-hybridized carbons (Fsp3) is 0.479. The van der Waals surface area contributed by atoms with E-state index in [4.69, 9.17) is 9.47 Å². The Morgan fingerprint density at radius 2 is 1.74 bits per heavy atom. The van der Waals surface area contributed by atoms with E-state index in [-0.39, 0.29) is 42.3 Å². The number of piperidine rings is 1. The van der Waals surface area contributed by atoms with Gasteiger partial charge in [0.1, 0.15) is 29.4 Å². The molecule has 65 heavy (non-hydrogen) atoms. The van der Waals surface area contributed by atoms with Crippen LogP contribution in [0.25, 0.3) is 11.0 Å². The van der Waals surface area contributed by atoms with Crippen LogP contribution in [0.1, 0.15) is 117 Å². The number of hydrogen-bond donors (Lipinski definition) is 3. The van der Waals surface area contributed by atoms with Crippen LogP contribution < -0.4 is 24.4 Å². The van der Waals surface area contributed by atoms with Gasteiger partial charge >= 0.3 is 5.69 Å². The quantitative estimate of drug-likeness (QED) is 0.0845. The molecule has 17 heteroatoms. The molecule has 0 unspecified atom stereocenters. The Morgan fingerprint density at radius 1 is 0.954 bits per heavy atom. The van der Waals surface area contributed by atoms with Crippen molar-refractivity contribution >= 4 is 44.0 Å². The zero-order chi connectivity index (χ0) is 44.5. The van der Waals surface area contributed by atoms with Crippen molar-refractivity contribution in [1.29, 1.82) is 0 Å². The summed E-state index contributed by atoms with van der Waals surface area (Å²) in [7, 11) is -4.81. The first-order chi connectivity index (χ1) is 31.4. The molecule has 15 nitrogen and oxygen atoms in total. The lowest BCUT2D eigenvalue weighted by Crippen LogP contribution is -2.54. The second-order valence-corrected chi connectivity index (χ2v) is 20.8. The Morgan fingerprint density at radius 3 is 2.51 bits per heavy atom. The fourth-order valence-electron chi connectivity index (χ4n) is 11.4. The highest BCUT2D eigenvalue weighted by molar-refractivity contribution is 7.90. The van der Waals surface area contributed by atoms with E-state index in [1.54, 1.807) is 35.5 Å². The zero-order valence-corrected chi connectivity index (χ0v) is 37.0. The monoisotopic (exact) mass is 904 g/mol. The lowest BCUT2D eigenvalue weighted by atomic mass is 9.59. The lowest BCUT2D eigenvalue weighted by molar-refractivity contribution is -0.384. The molecule has 3 aliphatic carbocycles. The summed E-state index contributed by atoms with van der Waals surface area (Å²) in [6.07, 6.45) is 15.7. The van der Waals surface area contributed by atoms with Gasteiger partial charge in [-0.15, -0.1) is 0 Å². The van der Waals surface area contributed by atoms with Crippen molar-refractivity contribution in [2.45, 2.75) is 118 Å². The SMILES string of the molecule is O=C(NS(=O)(=O)c1cc([N+](=O)[O-])c2c(n1)OC[C@H](C1(F)CCCCC1)N2)c1ccc(N2CCC3(CC2)CC(N2CCC[C@H]2c2ccccc2C2CC2)C3)cc1Oc1cnc2[nH]ccc2c1. The summed E-state index contributed by atoms with van der Waals surface area (Å²) in [5.74, 6) is -0.217. The summed E-state index contributed by atoms with van der Waals surface area (Å²) in [4.78, 5) is 42.2. The predicted octanol–water partition coefficient (Wildman–Crippen LogP) is 9.09. The molecule has 2 atom stereocenters. The molecular weight excluding hydrogens is 852 g/mol. The Bertz CT molecular complexity index is 2780. The number of fused-ring (bicyclic) bond motifs is 2. The molecule has 0 radical (unpaired) electrons. The number of likely N-dealkylation sites (tertiary alicyclic amines) is 1. The number of benzene rings is 2. The number of nitrogens with one attached hydrogen (secondary N) is 3. The van der Waals surface area contributed by atoms with Crippen molar-refractivity contribution < 1.29 is 32.0 Å². The zero-order valence-electron chi connectivity index (χ0n) is 36.1. The van der Waals surface area contributed by atoms with E-state index >= 15 is 4.39 Å². The number of anilines is 2. The summed E-state index contributed by atoms with van der Waals surface area (Å²) in [6.45, 7) is 2.60. The normalized spacial score (nSPS) is 23.0. The van der Waals surface area contributed by atoms with E-state index in [0.29, 0.717) is 41.7 Å².